The van der Waals surface area contributed by atoms with E-state index in [1.54, 1.807) is 7.11 Å². The fraction of sp³-hybridized carbons (Fsp3) is 0.368. The van der Waals surface area contributed by atoms with Crippen LogP contribution in [0.3, 0.4) is 0 Å². The van der Waals surface area contributed by atoms with Gasteiger partial charge in [0.05, 0.1) is 20.3 Å². The summed E-state index contributed by atoms with van der Waals surface area (Å²) in [5, 5.41) is 0. The first-order valence-electron chi connectivity index (χ1n) is 7.99. The summed E-state index contributed by atoms with van der Waals surface area (Å²) in [6.45, 7) is 5.17. The molecule has 1 saturated heterocycles. The lowest BCUT2D eigenvalue weighted by Gasteiger charge is -2.26. The van der Waals surface area contributed by atoms with Gasteiger partial charge in [0.1, 0.15) is 6.61 Å². The number of benzene rings is 2. The van der Waals surface area contributed by atoms with Gasteiger partial charge in [-0.3, -0.25) is 4.90 Å². The Bertz CT molecular complexity index is 624. The van der Waals surface area contributed by atoms with Crippen LogP contribution in [0.2, 0.25) is 0 Å². The second-order valence-corrected chi connectivity index (χ2v) is 5.65. The Hall–Kier alpha value is -2.04. The van der Waals surface area contributed by atoms with Crippen molar-refractivity contribution in [3.63, 3.8) is 0 Å². The normalized spacial score (nSPS) is 15.3. The average Bonchev–Trinajstić information content (AvgIpc) is 2.61. The Morgan fingerprint density at radius 1 is 0.957 bits per heavy atom. The highest BCUT2D eigenvalue weighted by Gasteiger charge is 2.11. The predicted octanol–water partition coefficient (Wildman–Crippen LogP) is 3.11. The van der Waals surface area contributed by atoms with Gasteiger partial charge in [-0.25, -0.2) is 0 Å². The highest BCUT2D eigenvalue weighted by molar-refractivity contribution is 5.39. The molecule has 0 amide bonds. The van der Waals surface area contributed by atoms with Crippen molar-refractivity contribution in [2.75, 3.05) is 33.4 Å². The van der Waals surface area contributed by atoms with Crippen molar-refractivity contribution < 1.29 is 14.2 Å². The van der Waals surface area contributed by atoms with Crippen LogP contribution in [-0.2, 0) is 17.9 Å². The van der Waals surface area contributed by atoms with Crippen LogP contribution in [-0.4, -0.2) is 38.3 Å². The molecule has 3 rings (SSSR count). The largest absolute Gasteiger partial charge is 0.493 e. The topological polar surface area (TPSA) is 30.9 Å². The quantitative estimate of drug-likeness (QED) is 0.820. The Morgan fingerprint density at radius 3 is 2.48 bits per heavy atom. The smallest absolute Gasteiger partial charge is 0.161 e. The summed E-state index contributed by atoms with van der Waals surface area (Å²) in [5.41, 5.74) is 2.48. The van der Waals surface area contributed by atoms with E-state index < -0.39 is 0 Å². The van der Waals surface area contributed by atoms with Crippen LogP contribution in [0, 0.1) is 0 Å². The molecular formula is C19H23NO3. The van der Waals surface area contributed by atoms with Crippen LogP contribution >= 0.6 is 0 Å². The van der Waals surface area contributed by atoms with Gasteiger partial charge in [0, 0.05) is 19.6 Å². The summed E-state index contributed by atoms with van der Waals surface area (Å²) in [6, 6.07) is 16.3. The van der Waals surface area contributed by atoms with Crippen molar-refractivity contribution in [2.24, 2.45) is 0 Å². The molecule has 2 aromatic rings. The van der Waals surface area contributed by atoms with Crippen LogP contribution in [0.5, 0.6) is 11.5 Å². The molecule has 0 saturated carbocycles. The molecule has 0 spiro atoms. The van der Waals surface area contributed by atoms with Gasteiger partial charge in [-0.2, -0.15) is 0 Å². The van der Waals surface area contributed by atoms with Crippen molar-refractivity contribution in [3.05, 3.63) is 59.7 Å². The maximum absolute atomic E-state index is 5.90. The van der Waals surface area contributed by atoms with Crippen molar-refractivity contribution in [1.29, 1.82) is 0 Å². The van der Waals surface area contributed by atoms with E-state index in [2.05, 4.69) is 29.2 Å². The Morgan fingerprint density at radius 2 is 1.70 bits per heavy atom. The molecule has 4 heteroatoms. The molecule has 0 radical (unpaired) electrons. The van der Waals surface area contributed by atoms with Crippen LogP contribution in [0.25, 0.3) is 0 Å². The van der Waals surface area contributed by atoms with E-state index in [0.717, 1.165) is 44.3 Å². The van der Waals surface area contributed by atoms with E-state index in [0.29, 0.717) is 6.61 Å². The van der Waals surface area contributed by atoms with E-state index >= 15 is 0 Å². The van der Waals surface area contributed by atoms with E-state index in [-0.39, 0.29) is 0 Å². The number of rotatable bonds is 6. The minimum atomic E-state index is 0.539. The molecule has 0 aliphatic carbocycles. The highest BCUT2D eigenvalue weighted by atomic mass is 16.5. The van der Waals surface area contributed by atoms with Gasteiger partial charge in [-0.05, 0) is 23.3 Å². The predicted molar refractivity (Wildman–Crippen MR) is 89.9 cm³/mol. The summed E-state index contributed by atoms with van der Waals surface area (Å²) >= 11 is 0. The minimum absolute atomic E-state index is 0.539. The standard InChI is InChI=1S/C19H23NO3/c1-21-18-7-2-3-8-19(18)23-15-17-6-4-5-16(13-17)14-20-9-11-22-12-10-20/h2-8,13H,9-12,14-15H2,1H3. The highest BCUT2D eigenvalue weighted by Crippen LogP contribution is 2.26. The Balaban J connectivity index is 1.61. The molecule has 0 bridgehead atoms. The van der Waals surface area contributed by atoms with E-state index in [4.69, 9.17) is 14.2 Å². The van der Waals surface area contributed by atoms with Crippen molar-refractivity contribution >= 4 is 0 Å². The molecule has 23 heavy (non-hydrogen) atoms. The number of ether oxygens (including phenoxy) is 3. The van der Waals surface area contributed by atoms with E-state index in [9.17, 15) is 0 Å². The van der Waals surface area contributed by atoms with Crippen LogP contribution in [0.15, 0.2) is 48.5 Å². The zero-order valence-corrected chi connectivity index (χ0v) is 13.5. The van der Waals surface area contributed by atoms with Crippen LogP contribution in [0.4, 0.5) is 0 Å². The first-order chi connectivity index (χ1) is 11.3. The second kappa shape index (κ2) is 7.99. The number of para-hydroxylation sites is 2. The van der Waals surface area contributed by atoms with Crippen molar-refractivity contribution in [3.8, 4) is 11.5 Å². The third kappa shape index (κ3) is 4.47. The summed E-state index contributed by atoms with van der Waals surface area (Å²) in [5.74, 6) is 1.53. The van der Waals surface area contributed by atoms with Gasteiger partial charge in [0.15, 0.2) is 11.5 Å². The van der Waals surface area contributed by atoms with Crippen molar-refractivity contribution in [2.45, 2.75) is 13.2 Å². The van der Waals surface area contributed by atoms with Crippen LogP contribution < -0.4 is 9.47 Å². The Kier molecular flexibility index (Phi) is 5.51. The molecule has 4 nitrogen and oxygen atoms in total. The van der Waals surface area contributed by atoms with Gasteiger partial charge in [0.25, 0.3) is 0 Å². The third-order valence-electron chi connectivity index (χ3n) is 3.96. The molecule has 1 heterocycles. The van der Waals surface area contributed by atoms with Crippen LogP contribution in [0.1, 0.15) is 11.1 Å². The zero-order chi connectivity index (χ0) is 15.9. The number of nitrogens with zero attached hydrogens (tertiary/aromatic N) is 1. The summed E-state index contributed by atoms with van der Waals surface area (Å²) in [6.07, 6.45) is 0. The molecule has 2 aromatic carbocycles. The molecular weight excluding hydrogens is 290 g/mol. The summed E-state index contributed by atoms with van der Waals surface area (Å²) in [7, 11) is 1.66. The number of methoxy groups -OCH3 is 1. The van der Waals surface area contributed by atoms with Gasteiger partial charge in [-0.1, -0.05) is 36.4 Å². The first kappa shape index (κ1) is 15.8. The zero-order valence-electron chi connectivity index (χ0n) is 13.5. The summed E-state index contributed by atoms with van der Waals surface area (Å²) < 4.78 is 16.6. The lowest BCUT2D eigenvalue weighted by Crippen LogP contribution is -2.35. The molecule has 0 atom stereocenters. The molecule has 1 aliphatic heterocycles. The van der Waals surface area contributed by atoms with Gasteiger partial charge < -0.3 is 14.2 Å². The number of hydrogen-bond donors (Lipinski definition) is 0. The lowest BCUT2D eigenvalue weighted by molar-refractivity contribution is 0.0342. The molecule has 1 fully saturated rings. The maximum Gasteiger partial charge on any atom is 0.161 e. The van der Waals surface area contributed by atoms with Gasteiger partial charge in [-0.15, -0.1) is 0 Å². The molecule has 0 aromatic heterocycles. The monoisotopic (exact) mass is 313 g/mol. The number of hydrogen-bond acceptors (Lipinski definition) is 4. The maximum atomic E-state index is 5.90. The first-order valence-corrected chi connectivity index (χ1v) is 7.99. The van der Waals surface area contributed by atoms with Gasteiger partial charge in [0.2, 0.25) is 0 Å². The molecule has 122 valence electrons. The number of morpholine rings is 1. The second-order valence-electron chi connectivity index (χ2n) is 5.65. The Labute approximate surface area is 137 Å². The third-order valence-corrected chi connectivity index (χ3v) is 3.96. The molecule has 1 aliphatic rings. The fourth-order valence-corrected chi connectivity index (χ4v) is 2.73. The summed E-state index contributed by atoms with van der Waals surface area (Å²) in [4.78, 5) is 2.42. The van der Waals surface area contributed by atoms with E-state index in [1.165, 1.54) is 11.1 Å². The molecule has 0 N–H and O–H groups in total. The van der Waals surface area contributed by atoms with E-state index in [1.807, 2.05) is 24.3 Å². The van der Waals surface area contributed by atoms with Gasteiger partial charge >= 0.3 is 0 Å². The molecule has 0 unspecified atom stereocenters. The lowest BCUT2D eigenvalue weighted by atomic mass is 10.1. The SMILES string of the molecule is COc1ccccc1OCc1cccc(CN2CCOCC2)c1. The fourth-order valence-electron chi connectivity index (χ4n) is 2.73. The average molecular weight is 313 g/mol. The minimum Gasteiger partial charge on any atom is -0.493 e. The van der Waals surface area contributed by atoms with Crippen molar-refractivity contribution in [1.82, 2.24) is 4.90 Å².